The van der Waals surface area contributed by atoms with Crippen molar-refractivity contribution in [2.24, 2.45) is 11.8 Å². The van der Waals surface area contributed by atoms with Gasteiger partial charge in [0, 0.05) is 74.3 Å². The topological polar surface area (TPSA) is 158 Å². The van der Waals surface area contributed by atoms with Crippen molar-refractivity contribution in [1.82, 2.24) is 31.5 Å². The van der Waals surface area contributed by atoms with Gasteiger partial charge in [-0.1, -0.05) is 132 Å². The third-order valence-corrected chi connectivity index (χ3v) is 13.1. The molecule has 64 heavy (non-hydrogen) atoms. The highest BCUT2D eigenvalue weighted by Gasteiger charge is 2.46. The van der Waals surface area contributed by atoms with Crippen molar-refractivity contribution in [3.63, 3.8) is 0 Å². The lowest BCUT2D eigenvalue weighted by atomic mass is 9.91. The Labute approximate surface area is 380 Å². The predicted molar refractivity (Wildman–Crippen MR) is 251 cm³/mol. The molecule has 0 aromatic heterocycles. The molecule has 2 aliphatic carbocycles. The summed E-state index contributed by atoms with van der Waals surface area (Å²) in [5.74, 6) is -1.17. The first-order chi connectivity index (χ1) is 31.2. The molecule has 3 aromatic carbocycles. The molecule has 6 rings (SSSR count). The zero-order valence-corrected chi connectivity index (χ0v) is 38.2. The average Bonchev–Trinajstić information content (AvgIpc) is 4.23. The summed E-state index contributed by atoms with van der Waals surface area (Å²) in [7, 11) is 0. The van der Waals surface area contributed by atoms with E-state index in [-0.39, 0.29) is 92.2 Å². The third kappa shape index (κ3) is 15.2. The van der Waals surface area contributed by atoms with Crippen LogP contribution >= 0.6 is 0 Å². The van der Waals surface area contributed by atoms with E-state index in [1.807, 2.05) is 43.3 Å². The summed E-state index contributed by atoms with van der Waals surface area (Å²) in [5, 5.41) is 15.2. The van der Waals surface area contributed by atoms with E-state index in [1.165, 1.54) is 68.9 Å². The zero-order chi connectivity index (χ0) is 45.1. The van der Waals surface area contributed by atoms with E-state index in [4.69, 9.17) is 4.74 Å². The van der Waals surface area contributed by atoms with Crippen molar-refractivity contribution in [2.75, 3.05) is 39.4 Å². The molecule has 3 aromatic rings. The molecule has 1 unspecified atom stereocenters. The maximum absolute atomic E-state index is 13.9. The van der Waals surface area contributed by atoms with Crippen LogP contribution in [0, 0.1) is 11.8 Å². The van der Waals surface area contributed by atoms with Gasteiger partial charge in [0.2, 0.25) is 11.8 Å². The minimum atomic E-state index is -0.536. The van der Waals surface area contributed by atoms with Crippen LogP contribution in [0.5, 0.6) is 0 Å². The number of unbranched alkanes of at least 4 members (excludes halogenated alkanes) is 10. The number of hydrogen-bond donors (Lipinski definition) is 5. The van der Waals surface area contributed by atoms with Gasteiger partial charge in [-0.2, -0.15) is 0 Å². The van der Waals surface area contributed by atoms with E-state index < -0.39 is 12.0 Å². The van der Waals surface area contributed by atoms with Crippen molar-refractivity contribution < 1.29 is 28.7 Å². The molecule has 346 valence electrons. The number of carbonyl (C=O) groups is 5. The van der Waals surface area contributed by atoms with Crippen LogP contribution in [0.3, 0.4) is 0 Å². The number of ether oxygens (including phenoxy) is 1. The van der Waals surface area contributed by atoms with E-state index in [9.17, 15) is 24.0 Å². The molecule has 12 nitrogen and oxygen atoms in total. The number of nitrogens with zero attached hydrogens (tertiary/aromatic N) is 1. The van der Waals surface area contributed by atoms with Crippen molar-refractivity contribution in [3.05, 3.63) is 107 Å². The predicted octanol–water partition coefficient (Wildman–Crippen LogP) is 7.85. The standard InChI is InChI=1S/C52H72N6O6/c1-3-5-6-7-8-9-10-11-12-13-20-29-53-52(63)55-42(36-64-4-2)33-54-49(60)39-25-27-40(28-26-39)51(62)58-34-41(30-48(59)56-46-31-43(46)37-21-16-14-17-22-37)45(35-58)50(61)57-47-32-44(47)38-23-18-15-19-24-38/h14-19,21-28,41-47H,3-13,20,29-36H2,1-2H3,(H,54,60)(H,56,59)(H,57,61)(H2,53,55,63)/t41?,42-,43+,44+,45+,46-,47-/m0/s1. The zero-order valence-electron chi connectivity index (χ0n) is 38.2. The van der Waals surface area contributed by atoms with Crippen LogP contribution in [-0.4, -0.2) is 92.1 Å². The smallest absolute Gasteiger partial charge is 0.315 e. The van der Waals surface area contributed by atoms with Gasteiger partial charge in [-0.15, -0.1) is 0 Å². The lowest BCUT2D eigenvalue weighted by Gasteiger charge is -2.20. The van der Waals surface area contributed by atoms with Crippen LogP contribution in [-0.2, 0) is 14.3 Å². The van der Waals surface area contributed by atoms with Gasteiger partial charge in [-0.05, 0) is 67.5 Å². The minimum absolute atomic E-state index is 0.0253. The van der Waals surface area contributed by atoms with Gasteiger partial charge in [-0.25, -0.2) is 4.79 Å². The van der Waals surface area contributed by atoms with Gasteiger partial charge >= 0.3 is 6.03 Å². The maximum atomic E-state index is 13.9. The number of amides is 6. The molecular formula is C52H72N6O6. The summed E-state index contributed by atoms with van der Waals surface area (Å²) < 4.78 is 5.60. The van der Waals surface area contributed by atoms with E-state index in [0.29, 0.717) is 24.3 Å². The summed E-state index contributed by atoms with van der Waals surface area (Å²) in [6.45, 7) is 6.07. The second kappa shape index (κ2) is 25.3. The number of benzene rings is 3. The van der Waals surface area contributed by atoms with E-state index >= 15 is 0 Å². The van der Waals surface area contributed by atoms with Gasteiger partial charge in [-0.3, -0.25) is 19.2 Å². The Morgan fingerprint density at radius 1 is 0.656 bits per heavy atom. The highest BCUT2D eigenvalue weighted by molar-refractivity contribution is 5.98. The molecule has 12 heteroatoms. The Kier molecular flexibility index (Phi) is 19.1. The summed E-state index contributed by atoms with van der Waals surface area (Å²) in [6.07, 6.45) is 15.6. The van der Waals surface area contributed by atoms with Crippen LogP contribution < -0.4 is 26.6 Å². The first-order valence-electron chi connectivity index (χ1n) is 24.2. The number of likely N-dealkylation sites (tertiary alicyclic amines) is 1. The quantitative estimate of drug-likeness (QED) is 0.0491. The van der Waals surface area contributed by atoms with Crippen LogP contribution in [0.25, 0.3) is 0 Å². The number of rotatable bonds is 27. The Hall–Kier alpha value is -5.23. The second-order valence-electron chi connectivity index (χ2n) is 18.2. The largest absolute Gasteiger partial charge is 0.380 e. The van der Waals surface area contributed by atoms with Crippen molar-refractivity contribution >= 4 is 29.7 Å². The Morgan fingerprint density at radius 3 is 1.81 bits per heavy atom. The lowest BCUT2D eigenvalue weighted by molar-refractivity contribution is -0.127. The van der Waals surface area contributed by atoms with E-state index in [1.54, 1.807) is 29.2 Å². The van der Waals surface area contributed by atoms with Crippen molar-refractivity contribution in [1.29, 1.82) is 0 Å². The monoisotopic (exact) mass is 877 g/mol. The third-order valence-electron chi connectivity index (χ3n) is 13.1. The van der Waals surface area contributed by atoms with Gasteiger partial charge in [0.25, 0.3) is 11.8 Å². The molecule has 0 bridgehead atoms. The van der Waals surface area contributed by atoms with E-state index in [2.05, 4.69) is 57.8 Å². The fourth-order valence-electron chi connectivity index (χ4n) is 9.08. The number of nitrogens with one attached hydrogen (secondary N) is 5. The molecule has 0 spiro atoms. The summed E-state index contributed by atoms with van der Waals surface area (Å²) in [6, 6.07) is 26.1. The molecule has 5 N–H and O–H groups in total. The molecule has 2 saturated carbocycles. The molecule has 1 heterocycles. The normalized spacial score (nSPS) is 21.4. The Balaban J connectivity index is 0.958. The fraction of sp³-hybridized carbons (Fsp3) is 0.558. The van der Waals surface area contributed by atoms with Crippen molar-refractivity contribution in [3.8, 4) is 0 Å². The molecule has 3 aliphatic rings. The Bertz CT molecular complexity index is 1930. The second-order valence-corrected chi connectivity index (χ2v) is 18.2. The highest BCUT2D eigenvalue weighted by atomic mass is 16.5. The maximum Gasteiger partial charge on any atom is 0.315 e. The molecule has 6 amide bonds. The first-order valence-corrected chi connectivity index (χ1v) is 24.2. The van der Waals surface area contributed by atoms with Gasteiger partial charge < -0.3 is 36.2 Å². The van der Waals surface area contributed by atoms with Crippen LogP contribution in [0.4, 0.5) is 4.79 Å². The van der Waals surface area contributed by atoms with Gasteiger partial charge in [0.05, 0.1) is 18.6 Å². The number of urea groups is 1. The molecule has 3 fully saturated rings. The highest BCUT2D eigenvalue weighted by Crippen LogP contribution is 2.42. The van der Waals surface area contributed by atoms with Gasteiger partial charge in [0.15, 0.2) is 0 Å². The SMILES string of the molecule is CCCCCCCCCCCCCNC(=O)N[C@@H](CNC(=O)c1ccc(C(=O)N2CC(CC(=O)N[C@H]3C[C@@H]3c3ccccc3)[C@H](C(=O)N[C@H]3C[C@@H]3c3ccccc3)C2)cc1)COCC. The summed E-state index contributed by atoms with van der Waals surface area (Å²) in [5.41, 5.74) is 3.15. The van der Waals surface area contributed by atoms with Crippen LogP contribution in [0.15, 0.2) is 84.9 Å². The Morgan fingerprint density at radius 2 is 1.22 bits per heavy atom. The average molecular weight is 877 g/mol. The molecule has 1 saturated heterocycles. The number of hydrogen-bond acceptors (Lipinski definition) is 6. The molecule has 7 atom stereocenters. The fourth-order valence-corrected chi connectivity index (χ4v) is 9.08. The first kappa shape index (κ1) is 48.2. The lowest BCUT2D eigenvalue weighted by Crippen LogP contribution is -2.49. The number of carbonyl (C=O) groups excluding carboxylic acids is 5. The van der Waals surface area contributed by atoms with Crippen molar-refractivity contribution in [2.45, 2.75) is 134 Å². The van der Waals surface area contributed by atoms with Crippen LogP contribution in [0.1, 0.15) is 147 Å². The molecular weight excluding hydrogens is 805 g/mol. The van der Waals surface area contributed by atoms with E-state index in [0.717, 1.165) is 25.7 Å². The minimum Gasteiger partial charge on any atom is -0.380 e. The summed E-state index contributed by atoms with van der Waals surface area (Å²) >= 11 is 0. The van der Waals surface area contributed by atoms with Crippen LogP contribution in [0.2, 0.25) is 0 Å². The molecule has 1 aliphatic heterocycles. The van der Waals surface area contributed by atoms with Gasteiger partial charge in [0.1, 0.15) is 0 Å². The summed E-state index contributed by atoms with van der Waals surface area (Å²) in [4.78, 5) is 68.8. The molecule has 0 radical (unpaired) electrons.